The van der Waals surface area contributed by atoms with E-state index in [0.29, 0.717) is 6.54 Å². The Morgan fingerprint density at radius 3 is 2.48 bits per heavy atom. The lowest BCUT2D eigenvalue weighted by Gasteiger charge is -2.29. The summed E-state index contributed by atoms with van der Waals surface area (Å²) in [5.41, 5.74) is 3.35. The van der Waals surface area contributed by atoms with Gasteiger partial charge in [-0.15, -0.1) is 0 Å². The number of nitrogens with zero attached hydrogens (tertiary/aromatic N) is 5. The first-order valence-electron chi connectivity index (χ1n) is 12.8. The number of benzene rings is 4. The van der Waals surface area contributed by atoms with E-state index in [4.69, 9.17) is 0 Å². The molecule has 0 aliphatic carbocycles. The Hall–Kier alpha value is -4.89. The average Bonchev–Trinajstić information content (AvgIpc) is 3.62. The number of halogens is 2. The molecule has 2 N–H and O–H groups in total. The van der Waals surface area contributed by atoms with Crippen LogP contribution < -0.4 is 5.32 Å². The molecule has 1 atom stereocenters. The van der Waals surface area contributed by atoms with E-state index < -0.39 is 17.2 Å². The van der Waals surface area contributed by atoms with Crippen LogP contribution in [0.3, 0.4) is 0 Å². The van der Waals surface area contributed by atoms with E-state index in [1.165, 1.54) is 34.5 Å². The third-order valence-electron chi connectivity index (χ3n) is 6.96. The van der Waals surface area contributed by atoms with Gasteiger partial charge in [-0.2, -0.15) is 10.2 Å². The summed E-state index contributed by atoms with van der Waals surface area (Å²) in [6.45, 7) is 0.444. The smallest absolute Gasteiger partial charge is 0.137 e. The topological polar surface area (TPSA) is 80.8 Å². The first kappa shape index (κ1) is 25.4. The molecule has 6 aromatic rings. The highest BCUT2D eigenvalue weighted by Gasteiger charge is 2.35. The second-order valence-corrected chi connectivity index (χ2v) is 9.70. The van der Waals surface area contributed by atoms with E-state index >= 15 is 0 Å². The number of aromatic nitrogens is 5. The number of fused-ring (bicyclic) bond motifs is 1. The minimum atomic E-state index is -1.78. The quantitative estimate of drug-likeness (QED) is 0.245. The van der Waals surface area contributed by atoms with Crippen LogP contribution >= 0.6 is 0 Å². The van der Waals surface area contributed by atoms with Gasteiger partial charge in [0.2, 0.25) is 0 Å². The molecular weight excluding hydrogens is 510 g/mol. The maximum atomic E-state index is 14.8. The van der Waals surface area contributed by atoms with Crippen LogP contribution in [0.1, 0.15) is 11.1 Å². The van der Waals surface area contributed by atoms with Crippen LogP contribution in [0.15, 0.2) is 110 Å². The van der Waals surface area contributed by atoms with E-state index in [9.17, 15) is 13.9 Å². The normalized spacial score (nSPS) is 12.9. The van der Waals surface area contributed by atoms with Crippen molar-refractivity contribution in [1.29, 1.82) is 0 Å². The molecule has 2 aromatic heterocycles. The largest absolute Gasteiger partial charge is 0.381 e. The summed E-state index contributed by atoms with van der Waals surface area (Å²) in [5.74, 6) is -1.57. The Labute approximate surface area is 229 Å². The summed E-state index contributed by atoms with van der Waals surface area (Å²) in [6.07, 6.45) is 4.47. The summed E-state index contributed by atoms with van der Waals surface area (Å²) in [7, 11) is 0. The van der Waals surface area contributed by atoms with Gasteiger partial charge in [-0.3, -0.25) is 4.68 Å². The van der Waals surface area contributed by atoms with Crippen molar-refractivity contribution in [3.63, 3.8) is 0 Å². The highest BCUT2D eigenvalue weighted by molar-refractivity contribution is 5.82. The van der Waals surface area contributed by atoms with Gasteiger partial charge in [0.25, 0.3) is 0 Å². The van der Waals surface area contributed by atoms with Gasteiger partial charge in [0.1, 0.15) is 29.9 Å². The van der Waals surface area contributed by atoms with E-state index in [0.717, 1.165) is 34.3 Å². The molecule has 0 aliphatic rings. The minimum Gasteiger partial charge on any atom is -0.381 e. The van der Waals surface area contributed by atoms with Crippen molar-refractivity contribution in [3.05, 3.63) is 133 Å². The molecule has 0 bridgehead atoms. The second-order valence-electron chi connectivity index (χ2n) is 9.70. The summed E-state index contributed by atoms with van der Waals surface area (Å²) in [6, 6.07) is 27.5. The van der Waals surface area contributed by atoms with Crippen molar-refractivity contribution in [2.75, 3.05) is 5.32 Å². The minimum absolute atomic E-state index is 0.0524. The van der Waals surface area contributed by atoms with E-state index in [1.54, 1.807) is 10.9 Å². The van der Waals surface area contributed by atoms with E-state index in [1.807, 2.05) is 48.5 Å². The van der Waals surface area contributed by atoms with Gasteiger partial charge in [0.15, 0.2) is 0 Å². The Morgan fingerprint density at radius 2 is 1.68 bits per heavy atom. The highest BCUT2D eigenvalue weighted by atomic mass is 19.1. The molecule has 200 valence electrons. The second kappa shape index (κ2) is 10.7. The molecule has 0 spiro atoms. The Balaban J connectivity index is 1.26. The highest BCUT2D eigenvalue weighted by Crippen LogP contribution is 2.31. The Morgan fingerprint density at radius 1 is 0.850 bits per heavy atom. The molecule has 2 heterocycles. The number of anilines is 1. The zero-order chi connectivity index (χ0) is 27.5. The molecule has 9 heteroatoms. The molecule has 0 amide bonds. The predicted octanol–water partition coefficient (Wildman–Crippen LogP) is 5.77. The summed E-state index contributed by atoms with van der Waals surface area (Å²) in [4.78, 5) is 3.91. The zero-order valence-electron chi connectivity index (χ0n) is 21.5. The van der Waals surface area contributed by atoms with E-state index in [-0.39, 0.29) is 18.7 Å². The van der Waals surface area contributed by atoms with Crippen LogP contribution in [-0.2, 0) is 25.2 Å². The fourth-order valence-corrected chi connectivity index (χ4v) is 5.01. The lowest BCUT2D eigenvalue weighted by molar-refractivity contribution is -0.00734. The van der Waals surface area contributed by atoms with Crippen molar-refractivity contribution < 1.29 is 13.9 Å². The van der Waals surface area contributed by atoms with Gasteiger partial charge in [-0.25, -0.2) is 18.4 Å². The molecule has 0 fully saturated rings. The van der Waals surface area contributed by atoms with Crippen LogP contribution in [0.2, 0.25) is 0 Å². The van der Waals surface area contributed by atoms with Crippen LogP contribution in [0.25, 0.3) is 22.0 Å². The van der Waals surface area contributed by atoms with Gasteiger partial charge in [-0.1, -0.05) is 60.7 Å². The molecule has 0 saturated carbocycles. The number of aliphatic hydroxyl groups is 1. The molecule has 40 heavy (non-hydrogen) atoms. The molecule has 7 nitrogen and oxygen atoms in total. The Bertz CT molecular complexity index is 1750. The first-order valence-corrected chi connectivity index (χ1v) is 12.8. The van der Waals surface area contributed by atoms with E-state index in [2.05, 4.69) is 44.8 Å². The van der Waals surface area contributed by atoms with Gasteiger partial charge in [0.05, 0.1) is 24.8 Å². The number of rotatable bonds is 9. The van der Waals surface area contributed by atoms with Crippen LogP contribution in [0, 0.1) is 11.6 Å². The summed E-state index contributed by atoms with van der Waals surface area (Å²) >= 11 is 0. The SMILES string of the molecule is OC(Cn1cncn1)(Cn1ncc2cc(NCc3ccccc3-c3ccccc3)ccc21)c1ccc(F)cc1F. The molecular formula is C31H26F2N6O. The molecule has 0 radical (unpaired) electrons. The maximum Gasteiger partial charge on any atom is 0.137 e. The fraction of sp³-hybridized carbons (Fsp3) is 0.129. The third-order valence-corrected chi connectivity index (χ3v) is 6.96. The lowest BCUT2D eigenvalue weighted by Crippen LogP contribution is -2.37. The maximum absolute atomic E-state index is 14.8. The van der Waals surface area contributed by atoms with Crippen LogP contribution in [0.5, 0.6) is 0 Å². The fourth-order valence-electron chi connectivity index (χ4n) is 5.01. The van der Waals surface area contributed by atoms with Gasteiger partial charge in [0, 0.05) is 29.2 Å². The van der Waals surface area contributed by atoms with Gasteiger partial charge < -0.3 is 10.4 Å². The number of hydrogen-bond donors (Lipinski definition) is 2. The number of nitrogens with one attached hydrogen (secondary N) is 1. The van der Waals surface area contributed by atoms with Crippen LogP contribution in [0.4, 0.5) is 14.5 Å². The van der Waals surface area contributed by atoms with Crippen molar-refractivity contribution >= 4 is 16.6 Å². The lowest BCUT2D eigenvalue weighted by atomic mass is 9.92. The standard InChI is InChI=1S/C31H26F2N6O/c32-25-10-12-28(29(33)15-25)31(40,18-38-21-34-20-37-38)19-39-30-13-11-26(14-24(30)17-36-39)35-16-23-8-4-5-9-27(23)22-6-2-1-3-7-22/h1-15,17,20-21,35,40H,16,18-19H2. The molecule has 0 saturated heterocycles. The van der Waals surface area contributed by atoms with Gasteiger partial charge >= 0.3 is 0 Å². The van der Waals surface area contributed by atoms with Crippen molar-refractivity contribution in [2.24, 2.45) is 0 Å². The first-order chi connectivity index (χ1) is 19.5. The van der Waals surface area contributed by atoms with Gasteiger partial charge in [-0.05, 0) is 41.0 Å². The van der Waals surface area contributed by atoms with Crippen molar-refractivity contribution in [3.8, 4) is 11.1 Å². The summed E-state index contributed by atoms with van der Waals surface area (Å²) in [5, 5.41) is 24.6. The monoisotopic (exact) mass is 536 g/mol. The van der Waals surface area contributed by atoms with Crippen molar-refractivity contribution in [2.45, 2.75) is 25.2 Å². The predicted molar refractivity (Wildman–Crippen MR) is 149 cm³/mol. The van der Waals surface area contributed by atoms with Crippen LogP contribution in [-0.4, -0.2) is 29.7 Å². The summed E-state index contributed by atoms with van der Waals surface area (Å²) < 4.78 is 31.5. The Kier molecular flexibility index (Phi) is 6.79. The zero-order valence-corrected chi connectivity index (χ0v) is 21.5. The van der Waals surface area contributed by atoms with Crippen molar-refractivity contribution in [1.82, 2.24) is 24.5 Å². The molecule has 4 aromatic carbocycles. The molecule has 1 unspecified atom stereocenters. The third kappa shape index (κ3) is 5.19. The number of hydrogen-bond acceptors (Lipinski definition) is 5. The molecule has 6 rings (SSSR count). The molecule has 0 aliphatic heterocycles. The average molecular weight is 537 g/mol.